The molecule has 0 aromatic heterocycles. The first-order valence-corrected chi connectivity index (χ1v) is 7.25. The van der Waals surface area contributed by atoms with Gasteiger partial charge in [0.2, 0.25) is 5.91 Å². The van der Waals surface area contributed by atoms with Gasteiger partial charge in [-0.15, -0.1) is 0 Å². The van der Waals surface area contributed by atoms with Crippen molar-refractivity contribution in [2.24, 2.45) is 11.7 Å². The van der Waals surface area contributed by atoms with Crippen molar-refractivity contribution in [2.75, 3.05) is 19.6 Å². The molecule has 106 valence electrons. The van der Waals surface area contributed by atoms with Crippen LogP contribution in [0.15, 0.2) is 0 Å². The zero-order chi connectivity index (χ0) is 13.5. The highest BCUT2D eigenvalue weighted by molar-refractivity contribution is 5.75. The van der Waals surface area contributed by atoms with E-state index in [4.69, 9.17) is 5.73 Å². The van der Waals surface area contributed by atoms with Crippen LogP contribution in [0.4, 0.5) is 0 Å². The van der Waals surface area contributed by atoms with Gasteiger partial charge >= 0.3 is 0 Å². The summed E-state index contributed by atoms with van der Waals surface area (Å²) in [6, 6.07) is 0.823. The number of hydrogen-bond donors (Lipinski definition) is 2. The molecule has 0 saturated carbocycles. The Morgan fingerprint density at radius 1 is 1.44 bits per heavy atom. The lowest BCUT2D eigenvalue weighted by Crippen LogP contribution is -2.33. The van der Waals surface area contributed by atoms with Crippen molar-refractivity contribution in [3.8, 4) is 0 Å². The van der Waals surface area contributed by atoms with Gasteiger partial charge < -0.3 is 16.0 Å². The fourth-order valence-electron chi connectivity index (χ4n) is 2.43. The molecule has 1 aliphatic rings. The summed E-state index contributed by atoms with van der Waals surface area (Å²) < 4.78 is 0. The van der Waals surface area contributed by atoms with Crippen molar-refractivity contribution >= 4 is 5.91 Å². The van der Waals surface area contributed by atoms with Crippen LogP contribution >= 0.6 is 0 Å². The number of carbonyl (C=O) groups excluding carboxylic acids is 1. The molecule has 2 atom stereocenters. The molecular weight excluding hydrogens is 226 g/mol. The van der Waals surface area contributed by atoms with Crippen LogP contribution in [-0.2, 0) is 4.79 Å². The van der Waals surface area contributed by atoms with E-state index in [1.54, 1.807) is 0 Å². The van der Waals surface area contributed by atoms with Gasteiger partial charge in [0.05, 0.1) is 0 Å². The number of nitrogens with two attached hydrogens (primary N) is 1. The molecule has 1 amide bonds. The van der Waals surface area contributed by atoms with Crippen LogP contribution in [0.25, 0.3) is 0 Å². The van der Waals surface area contributed by atoms with E-state index in [0.29, 0.717) is 18.4 Å². The van der Waals surface area contributed by atoms with Crippen LogP contribution in [0, 0.1) is 5.92 Å². The molecule has 1 fully saturated rings. The van der Waals surface area contributed by atoms with Crippen LogP contribution in [-0.4, -0.2) is 42.5 Å². The highest BCUT2D eigenvalue weighted by Gasteiger charge is 2.24. The Morgan fingerprint density at radius 2 is 2.17 bits per heavy atom. The predicted octanol–water partition coefficient (Wildman–Crippen LogP) is 1.35. The first-order chi connectivity index (χ1) is 8.49. The molecule has 3 N–H and O–H groups in total. The van der Waals surface area contributed by atoms with Gasteiger partial charge in [-0.1, -0.05) is 0 Å². The van der Waals surface area contributed by atoms with Crippen molar-refractivity contribution in [1.82, 2.24) is 10.2 Å². The van der Waals surface area contributed by atoms with Crippen LogP contribution in [0.3, 0.4) is 0 Å². The maximum atomic E-state index is 11.6. The number of nitrogens with one attached hydrogen (secondary N) is 1. The maximum absolute atomic E-state index is 11.6. The summed E-state index contributed by atoms with van der Waals surface area (Å²) in [5.41, 5.74) is 5.66. The largest absolute Gasteiger partial charge is 0.356 e. The fraction of sp³-hybridized carbons (Fsp3) is 0.929. The molecule has 1 rings (SSSR count). The number of nitrogens with zero attached hydrogens (tertiary/aromatic N) is 1. The Balaban J connectivity index is 2.08. The van der Waals surface area contributed by atoms with E-state index < -0.39 is 0 Å². The van der Waals surface area contributed by atoms with Gasteiger partial charge in [0.15, 0.2) is 0 Å². The van der Waals surface area contributed by atoms with Crippen molar-refractivity contribution in [1.29, 1.82) is 0 Å². The van der Waals surface area contributed by atoms with Crippen LogP contribution in [0.1, 0.15) is 46.5 Å². The lowest BCUT2D eigenvalue weighted by atomic mass is 10.1. The summed E-state index contributed by atoms with van der Waals surface area (Å²) in [7, 11) is 0. The van der Waals surface area contributed by atoms with E-state index in [2.05, 4.69) is 24.1 Å². The SMILES string of the molecule is CC(N)CCCC(=O)NCC1CCN(C(C)C)C1. The topological polar surface area (TPSA) is 58.4 Å². The van der Waals surface area contributed by atoms with E-state index in [9.17, 15) is 4.79 Å². The highest BCUT2D eigenvalue weighted by Crippen LogP contribution is 2.17. The number of likely N-dealkylation sites (tertiary alicyclic amines) is 1. The number of hydrogen-bond acceptors (Lipinski definition) is 3. The van der Waals surface area contributed by atoms with E-state index in [-0.39, 0.29) is 11.9 Å². The molecule has 0 spiro atoms. The first kappa shape index (κ1) is 15.4. The van der Waals surface area contributed by atoms with Gasteiger partial charge in [-0.3, -0.25) is 4.79 Å². The van der Waals surface area contributed by atoms with E-state index in [1.165, 1.54) is 13.0 Å². The highest BCUT2D eigenvalue weighted by atomic mass is 16.1. The summed E-state index contributed by atoms with van der Waals surface area (Å²) in [5.74, 6) is 0.809. The predicted molar refractivity (Wildman–Crippen MR) is 75.3 cm³/mol. The summed E-state index contributed by atoms with van der Waals surface area (Å²) in [5, 5.41) is 3.05. The second-order valence-corrected chi connectivity index (χ2v) is 5.92. The van der Waals surface area contributed by atoms with Gasteiger partial charge in [-0.05, 0) is 52.5 Å². The number of rotatable bonds is 7. The van der Waals surface area contributed by atoms with Crippen LogP contribution in [0.2, 0.25) is 0 Å². The van der Waals surface area contributed by atoms with Gasteiger partial charge in [-0.2, -0.15) is 0 Å². The number of amides is 1. The van der Waals surface area contributed by atoms with Gasteiger partial charge in [0.1, 0.15) is 0 Å². The third-order valence-electron chi connectivity index (χ3n) is 3.70. The molecule has 4 nitrogen and oxygen atoms in total. The summed E-state index contributed by atoms with van der Waals surface area (Å²) in [6.07, 6.45) is 3.64. The minimum atomic E-state index is 0.179. The van der Waals surface area contributed by atoms with Gasteiger partial charge in [0, 0.05) is 31.6 Å². The lowest BCUT2D eigenvalue weighted by Gasteiger charge is -2.20. The molecular formula is C14H29N3O. The average molecular weight is 255 g/mol. The molecule has 0 aromatic carbocycles. The van der Waals surface area contributed by atoms with Crippen molar-refractivity contribution in [3.05, 3.63) is 0 Å². The minimum absolute atomic E-state index is 0.179. The molecule has 0 radical (unpaired) electrons. The van der Waals surface area contributed by atoms with Crippen molar-refractivity contribution in [2.45, 2.75) is 58.5 Å². The molecule has 1 saturated heterocycles. The third kappa shape index (κ3) is 5.83. The van der Waals surface area contributed by atoms with E-state index in [1.807, 2.05) is 6.92 Å². The summed E-state index contributed by atoms with van der Waals surface area (Å²) >= 11 is 0. The maximum Gasteiger partial charge on any atom is 0.220 e. The fourth-order valence-corrected chi connectivity index (χ4v) is 2.43. The summed E-state index contributed by atoms with van der Waals surface area (Å²) in [6.45, 7) is 9.57. The van der Waals surface area contributed by atoms with E-state index >= 15 is 0 Å². The Kier molecular flexibility index (Phi) is 6.65. The molecule has 2 unspecified atom stereocenters. The first-order valence-electron chi connectivity index (χ1n) is 7.25. The van der Waals surface area contributed by atoms with Gasteiger partial charge in [0.25, 0.3) is 0 Å². The van der Waals surface area contributed by atoms with E-state index in [0.717, 1.165) is 25.9 Å². The molecule has 18 heavy (non-hydrogen) atoms. The van der Waals surface area contributed by atoms with Crippen molar-refractivity contribution < 1.29 is 4.79 Å². The third-order valence-corrected chi connectivity index (χ3v) is 3.70. The Bertz CT molecular complexity index is 253. The molecule has 0 aliphatic carbocycles. The average Bonchev–Trinajstić information content (AvgIpc) is 2.74. The van der Waals surface area contributed by atoms with Crippen LogP contribution in [0.5, 0.6) is 0 Å². The lowest BCUT2D eigenvalue weighted by molar-refractivity contribution is -0.121. The standard InChI is InChI=1S/C14H29N3O/c1-11(2)17-8-7-13(10-17)9-16-14(18)6-4-5-12(3)15/h11-13H,4-10,15H2,1-3H3,(H,16,18). The molecule has 1 aliphatic heterocycles. The van der Waals surface area contributed by atoms with Gasteiger partial charge in [-0.25, -0.2) is 0 Å². The zero-order valence-corrected chi connectivity index (χ0v) is 12.1. The van der Waals surface area contributed by atoms with Crippen LogP contribution < -0.4 is 11.1 Å². The second-order valence-electron chi connectivity index (χ2n) is 5.92. The normalized spacial score (nSPS) is 22.4. The Labute approximate surface area is 111 Å². The Hall–Kier alpha value is -0.610. The summed E-state index contributed by atoms with van der Waals surface area (Å²) in [4.78, 5) is 14.1. The molecule has 1 heterocycles. The minimum Gasteiger partial charge on any atom is -0.356 e. The monoisotopic (exact) mass is 255 g/mol. The smallest absolute Gasteiger partial charge is 0.220 e. The van der Waals surface area contributed by atoms with Crippen molar-refractivity contribution in [3.63, 3.8) is 0 Å². The Morgan fingerprint density at radius 3 is 2.72 bits per heavy atom. The number of carbonyl (C=O) groups is 1. The molecule has 0 bridgehead atoms. The second kappa shape index (κ2) is 7.74. The zero-order valence-electron chi connectivity index (χ0n) is 12.1. The molecule has 4 heteroatoms. The quantitative estimate of drug-likeness (QED) is 0.722. The molecule has 0 aromatic rings.